The highest BCUT2D eigenvalue weighted by Gasteiger charge is 2.08. The Balaban J connectivity index is 3.25. The molecule has 1 heterocycles. The summed E-state index contributed by atoms with van der Waals surface area (Å²) in [6.45, 7) is 0. The summed E-state index contributed by atoms with van der Waals surface area (Å²) in [4.78, 5) is 3.85. The predicted molar refractivity (Wildman–Crippen MR) is 42.1 cm³/mol. The molecule has 0 bridgehead atoms. The Labute approximate surface area is 70.4 Å². The number of nitriles is 1. The summed E-state index contributed by atoms with van der Waals surface area (Å²) in [6, 6.07) is 3.57. The first kappa shape index (κ1) is 8.34. The number of hydrogen-bond acceptors (Lipinski definition) is 4. The molecule has 0 radical (unpaired) electrons. The molecule has 0 fully saturated rings. The van der Waals surface area contributed by atoms with Gasteiger partial charge in [0.05, 0.1) is 14.2 Å². The molecule has 0 spiro atoms. The molecule has 0 amide bonds. The van der Waals surface area contributed by atoms with Crippen LogP contribution in [0.1, 0.15) is 5.56 Å². The van der Waals surface area contributed by atoms with Gasteiger partial charge in [0.2, 0.25) is 5.88 Å². The van der Waals surface area contributed by atoms with Gasteiger partial charge in [-0.1, -0.05) is 0 Å². The van der Waals surface area contributed by atoms with Crippen LogP contribution in [0.4, 0.5) is 0 Å². The maximum atomic E-state index is 8.71. The van der Waals surface area contributed by atoms with Crippen LogP contribution in [0.3, 0.4) is 0 Å². The first-order valence-corrected chi connectivity index (χ1v) is 3.30. The van der Waals surface area contributed by atoms with Crippen LogP contribution < -0.4 is 9.47 Å². The largest absolute Gasteiger partial charge is 0.495 e. The lowest BCUT2D eigenvalue weighted by Crippen LogP contribution is -1.94. The molecule has 4 heteroatoms. The summed E-state index contributed by atoms with van der Waals surface area (Å²) in [5, 5.41) is 8.71. The molecule has 1 aromatic rings. The summed E-state index contributed by atoms with van der Waals surface area (Å²) in [5.41, 5.74) is 0.322. The summed E-state index contributed by atoms with van der Waals surface area (Å²) in [7, 11) is 2.96. The van der Waals surface area contributed by atoms with Gasteiger partial charge in [-0.2, -0.15) is 5.26 Å². The van der Waals surface area contributed by atoms with Crippen molar-refractivity contribution in [2.24, 2.45) is 0 Å². The van der Waals surface area contributed by atoms with E-state index in [1.807, 2.05) is 6.07 Å². The smallest absolute Gasteiger partial charge is 0.235 e. The molecule has 0 unspecified atom stereocenters. The number of methoxy groups -OCH3 is 2. The summed E-state index contributed by atoms with van der Waals surface area (Å²) >= 11 is 0. The fraction of sp³-hybridized carbons (Fsp3) is 0.250. The standard InChI is InChI=1S/C8H8N2O2/c1-11-7-3-4-10-8(12-2)6(7)5-9/h3-4H,1-2H3. The molecule has 1 aromatic heterocycles. The zero-order valence-corrected chi connectivity index (χ0v) is 6.87. The monoisotopic (exact) mass is 164 g/mol. The second-order valence-electron chi connectivity index (χ2n) is 2.01. The zero-order valence-electron chi connectivity index (χ0n) is 6.87. The summed E-state index contributed by atoms with van der Waals surface area (Å²) in [5.74, 6) is 0.765. The van der Waals surface area contributed by atoms with Gasteiger partial charge in [0, 0.05) is 12.3 Å². The van der Waals surface area contributed by atoms with Crippen molar-refractivity contribution in [3.05, 3.63) is 17.8 Å². The third-order valence-corrected chi connectivity index (χ3v) is 1.40. The Morgan fingerprint density at radius 2 is 2.17 bits per heavy atom. The van der Waals surface area contributed by atoms with Crippen molar-refractivity contribution in [2.75, 3.05) is 14.2 Å². The maximum absolute atomic E-state index is 8.71. The molecule has 0 aliphatic rings. The minimum atomic E-state index is 0.289. The Hall–Kier alpha value is -1.76. The van der Waals surface area contributed by atoms with Crippen molar-refractivity contribution in [2.45, 2.75) is 0 Å². The quantitative estimate of drug-likeness (QED) is 0.653. The SMILES string of the molecule is COc1ccnc(OC)c1C#N. The molecule has 1 rings (SSSR count). The zero-order chi connectivity index (χ0) is 8.97. The van der Waals surface area contributed by atoms with Crippen molar-refractivity contribution in [1.82, 2.24) is 4.98 Å². The number of ether oxygens (including phenoxy) is 2. The summed E-state index contributed by atoms with van der Waals surface area (Å²) < 4.78 is 9.80. The van der Waals surface area contributed by atoms with Gasteiger partial charge in [-0.15, -0.1) is 0 Å². The van der Waals surface area contributed by atoms with Gasteiger partial charge in [-0.05, 0) is 0 Å². The third kappa shape index (κ3) is 1.30. The number of rotatable bonds is 2. The molecule has 4 nitrogen and oxygen atoms in total. The van der Waals surface area contributed by atoms with Gasteiger partial charge in [0.25, 0.3) is 0 Å². The van der Waals surface area contributed by atoms with Crippen LogP contribution in [0.15, 0.2) is 12.3 Å². The van der Waals surface area contributed by atoms with E-state index in [2.05, 4.69) is 4.98 Å². The van der Waals surface area contributed by atoms with Crippen molar-refractivity contribution < 1.29 is 9.47 Å². The van der Waals surface area contributed by atoms with Crippen molar-refractivity contribution in [3.8, 4) is 17.7 Å². The van der Waals surface area contributed by atoms with E-state index in [1.54, 1.807) is 6.07 Å². The van der Waals surface area contributed by atoms with Crippen LogP contribution in [-0.2, 0) is 0 Å². The molecule has 0 N–H and O–H groups in total. The molecular formula is C8H8N2O2. The molecule has 12 heavy (non-hydrogen) atoms. The topological polar surface area (TPSA) is 55.1 Å². The lowest BCUT2D eigenvalue weighted by atomic mass is 10.3. The molecule has 0 aliphatic heterocycles. The van der Waals surface area contributed by atoms with E-state index in [0.29, 0.717) is 11.3 Å². The second-order valence-corrected chi connectivity index (χ2v) is 2.01. The number of aromatic nitrogens is 1. The average molecular weight is 164 g/mol. The van der Waals surface area contributed by atoms with Crippen LogP contribution >= 0.6 is 0 Å². The molecule has 0 aliphatic carbocycles. The highest BCUT2D eigenvalue weighted by molar-refractivity contribution is 5.48. The average Bonchev–Trinajstić information content (AvgIpc) is 2.16. The molecular weight excluding hydrogens is 156 g/mol. The van der Waals surface area contributed by atoms with Crippen LogP contribution in [0, 0.1) is 11.3 Å². The first-order valence-electron chi connectivity index (χ1n) is 3.30. The van der Waals surface area contributed by atoms with Gasteiger partial charge >= 0.3 is 0 Å². The normalized spacial score (nSPS) is 8.75. The van der Waals surface area contributed by atoms with E-state index in [4.69, 9.17) is 14.7 Å². The lowest BCUT2D eigenvalue weighted by Gasteiger charge is -2.04. The van der Waals surface area contributed by atoms with E-state index in [9.17, 15) is 0 Å². The molecule has 0 aromatic carbocycles. The summed E-state index contributed by atoms with van der Waals surface area (Å²) in [6.07, 6.45) is 1.53. The van der Waals surface area contributed by atoms with E-state index < -0.39 is 0 Å². The maximum Gasteiger partial charge on any atom is 0.235 e. The van der Waals surface area contributed by atoms with E-state index in [-0.39, 0.29) is 5.88 Å². The number of pyridine rings is 1. The van der Waals surface area contributed by atoms with Gasteiger partial charge in [0.15, 0.2) is 5.56 Å². The van der Waals surface area contributed by atoms with Crippen LogP contribution in [-0.4, -0.2) is 19.2 Å². The fourth-order valence-corrected chi connectivity index (χ4v) is 0.854. The number of nitrogens with zero attached hydrogens (tertiary/aromatic N) is 2. The Kier molecular flexibility index (Phi) is 2.49. The van der Waals surface area contributed by atoms with Crippen molar-refractivity contribution >= 4 is 0 Å². The predicted octanol–water partition coefficient (Wildman–Crippen LogP) is 0.970. The van der Waals surface area contributed by atoms with Crippen LogP contribution in [0.5, 0.6) is 11.6 Å². The second kappa shape index (κ2) is 3.58. The van der Waals surface area contributed by atoms with E-state index >= 15 is 0 Å². The highest BCUT2D eigenvalue weighted by atomic mass is 16.5. The Bertz CT molecular complexity index is 295. The van der Waals surface area contributed by atoms with Crippen LogP contribution in [0.25, 0.3) is 0 Å². The number of hydrogen-bond donors (Lipinski definition) is 0. The van der Waals surface area contributed by atoms with E-state index in [1.165, 1.54) is 20.4 Å². The van der Waals surface area contributed by atoms with Gasteiger partial charge in [-0.3, -0.25) is 0 Å². The Morgan fingerprint density at radius 1 is 1.42 bits per heavy atom. The lowest BCUT2D eigenvalue weighted by molar-refractivity contribution is 0.380. The molecule has 0 saturated carbocycles. The molecule has 62 valence electrons. The highest BCUT2D eigenvalue weighted by Crippen LogP contribution is 2.23. The van der Waals surface area contributed by atoms with Crippen molar-refractivity contribution in [3.63, 3.8) is 0 Å². The fourth-order valence-electron chi connectivity index (χ4n) is 0.854. The van der Waals surface area contributed by atoms with Gasteiger partial charge < -0.3 is 9.47 Å². The minimum Gasteiger partial charge on any atom is -0.495 e. The Morgan fingerprint density at radius 3 is 2.67 bits per heavy atom. The minimum absolute atomic E-state index is 0.289. The van der Waals surface area contributed by atoms with E-state index in [0.717, 1.165) is 0 Å². The van der Waals surface area contributed by atoms with Gasteiger partial charge in [0.1, 0.15) is 11.8 Å². The molecule has 0 atom stereocenters. The third-order valence-electron chi connectivity index (χ3n) is 1.40. The van der Waals surface area contributed by atoms with Crippen LogP contribution in [0.2, 0.25) is 0 Å². The van der Waals surface area contributed by atoms with Crippen molar-refractivity contribution in [1.29, 1.82) is 5.26 Å². The first-order chi connectivity index (χ1) is 5.83. The molecule has 0 saturated heterocycles. The van der Waals surface area contributed by atoms with Gasteiger partial charge in [-0.25, -0.2) is 4.98 Å².